The molecule has 0 unspecified atom stereocenters. The van der Waals surface area contributed by atoms with Gasteiger partial charge in [-0.25, -0.2) is 15.0 Å². The monoisotopic (exact) mass is 802 g/mol. The number of hydrogen-bond donors (Lipinski definition) is 0. The van der Waals surface area contributed by atoms with Gasteiger partial charge in [0.15, 0.2) is 17.5 Å². The van der Waals surface area contributed by atoms with Gasteiger partial charge in [-0.15, -0.1) is 0 Å². The summed E-state index contributed by atoms with van der Waals surface area (Å²) in [4.78, 5) is 15.9. The summed E-state index contributed by atoms with van der Waals surface area (Å²) in [6, 6.07) is 82.0. The van der Waals surface area contributed by atoms with Crippen molar-refractivity contribution >= 4 is 43.4 Å². The molecule has 294 valence electrons. The predicted molar refractivity (Wildman–Crippen MR) is 262 cm³/mol. The minimum atomic E-state index is 0.604. The summed E-state index contributed by atoms with van der Waals surface area (Å²) in [6.45, 7) is 0. The van der Waals surface area contributed by atoms with Gasteiger partial charge in [0.25, 0.3) is 0 Å². The number of nitrogens with zero attached hydrogens (tertiary/aromatic N) is 4. The van der Waals surface area contributed by atoms with E-state index in [0.717, 1.165) is 61.3 Å². The summed E-state index contributed by atoms with van der Waals surface area (Å²) in [7, 11) is 0. The van der Waals surface area contributed by atoms with Crippen molar-refractivity contribution in [2.75, 3.05) is 0 Å². The van der Waals surface area contributed by atoms with Crippen LogP contribution in [0, 0.1) is 0 Å². The Kier molecular flexibility index (Phi) is 8.79. The van der Waals surface area contributed by atoms with E-state index in [1.54, 1.807) is 0 Å². The summed E-state index contributed by atoms with van der Waals surface area (Å²) in [5.74, 6) is 1.84. The SMILES string of the molecule is c1ccc(-c2cccc(-c3cc(-n4c5cc6ccccc6cc5c5ccc6ccccc6c54)cc(-c4ccccc4)c3-c3nc(-c4ccccc4)nc(-c4ccccc4)n3)c2)cc1. The van der Waals surface area contributed by atoms with Gasteiger partial charge in [0.05, 0.1) is 11.0 Å². The fraction of sp³-hybridized carbons (Fsp3) is 0. The van der Waals surface area contributed by atoms with Crippen LogP contribution in [-0.4, -0.2) is 19.5 Å². The van der Waals surface area contributed by atoms with Crippen LogP contribution in [-0.2, 0) is 0 Å². The molecule has 0 fully saturated rings. The van der Waals surface area contributed by atoms with Crippen molar-refractivity contribution in [3.05, 3.63) is 231 Å². The predicted octanol–water partition coefficient (Wildman–Crippen LogP) is 15.3. The summed E-state index contributed by atoms with van der Waals surface area (Å²) >= 11 is 0. The molecule has 2 heterocycles. The van der Waals surface area contributed by atoms with Crippen LogP contribution >= 0.6 is 0 Å². The van der Waals surface area contributed by atoms with Crippen LogP contribution in [0.25, 0.3) is 117 Å². The lowest BCUT2D eigenvalue weighted by Gasteiger charge is -2.20. The number of benzene rings is 10. The molecular formula is C59H38N4. The summed E-state index contributed by atoms with van der Waals surface area (Å²) in [5.41, 5.74) is 12.6. The fourth-order valence-electron chi connectivity index (χ4n) is 9.22. The quantitative estimate of drug-likeness (QED) is 0.161. The van der Waals surface area contributed by atoms with Gasteiger partial charge in [0, 0.05) is 38.5 Å². The first-order valence-corrected chi connectivity index (χ1v) is 21.4. The maximum atomic E-state index is 5.39. The lowest BCUT2D eigenvalue weighted by atomic mass is 9.89. The highest BCUT2D eigenvalue weighted by atomic mass is 15.0. The highest BCUT2D eigenvalue weighted by molar-refractivity contribution is 6.21. The van der Waals surface area contributed by atoms with E-state index in [0.29, 0.717) is 17.5 Å². The molecule has 4 nitrogen and oxygen atoms in total. The first-order chi connectivity index (χ1) is 31.2. The molecule has 2 aromatic heterocycles. The minimum Gasteiger partial charge on any atom is -0.309 e. The van der Waals surface area contributed by atoms with E-state index >= 15 is 0 Å². The van der Waals surface area contributed by atoms with E-state index in [1.165, 1.54) is 37.8 Å². The Bertz CT molecular complexity index is 3600. The average Bonchev–Trinajstić information content (AvgIpc) is 3.69. The second-order valence-electron chi connectivity index (χ2n) is 16.0. The molecule has 12 rings (SSSR count). The topological polar surface area (TPSA) is 43.6 Å². The molecule has 0 spiro atoms. The second-order valence-corrected chi connectivity index (χ2v) is 16.0. The van der Waals surface area contributed by atoms with Crippen molar-refractivity contribution in [3.63, 3.8) is 0 Å². The molecule has 0 amide bonds. The molecule has 0 saturated carbocycles. The van der Waals surface area contributed by atoms with Crippen LogP contribution in [0.5, 0.6) is 0 Å². The third-order valence-electron chi connectivity index (χ3n) is 12.2. The Morgan fingerprint density at radius 2 is 0.778 bits per heavy atom. The Hall–Kier alpha value is -8.47. The molecule has 0 atom stereocenters. The van der Waals surface area contributed by atoms with Crippen LogP contribution in [0.15, 0.2) is 231 Å². The van der Waals surface area contributed by atoms with Gasteiger partial charge in [-0.05, 0) is 79.9 Å². The normalized spacial score (nSPS) is 11.5. The van der Waals surface area contributed by atoms with Crippen molar-refractivity contribution in [1.29, 1.82) is 0 Å². The third-order valence-corrected chi connectivity index (χ3v) is 12.2. The maximum absolute atomic E-state index is 5.39. The van der Waals surface area contributed by atoms with E-state index in [2.05, 4.69) is 199 Å². The number of fused-ring (bicyclic) bond motifs is 6. The largest absolute Gasteiger partial charge is 0.309 e. The van der Waals surface area contributed by atoms with E-state index in [-0.39, 0.29) is 0 Å². The Labute approximate surface area is 365 Å². The van der Waals surface area contributed by atoms with Crippen molar-refractivity contribution in [3.8, 4) is 73.2 Å². The van der Waals surface area contributed by atoms with E-state index < -0.39 is 0 Å². The molecule has 0 aliphatic heterocycles. The molecule has 0 radical (unpaired) electrons. The first kappa shape index (κ1) is 36.4. The van der Waals surface area contributed by atoms with Crippen LogP contribution < -0.4 is 0 Å². The van der Waals surface area contributed by atoms with Gasteiger partial charge in [-0.3, -0.25) is 0 Å². The second kappa shape index (κ2) is 15.2. The highest BCUT2D eigenvalue weighted by Crippen LogP contribution is 2.45. The molecule has 10 aromatic carbocycles. The van der Waals surface area contributed by atoms with E-state index in [1.807, 2.05) is 36.4 Å². The highest BCUT2D eigenvalue weighted by Gasteiger charge is 2.24. The zero-order valence-corrected chi connectivity index (χ0v) is 34.2. The molecule has 0 N–H and O–H groups in total. The Morgan fingerprint density at radius 1 is 0.286 bits per heavy atom. The van der Waals surface area contributed by atoms with Crippen molar-refractivity contribution in [2.24, 2.45) is 0 Å². The number of rotatable bonds is 7. The summed E-state index contributed by atoms with van der Waals surface area (Å²) < 4.78 is 2.48. The third kappa shape index (κ3) is 6.44. The van der Waals surface area contributed by atoms with E-state index in [4.69, 9.17) is 15.0 Å². The molecule has 0 aliphatic carbocycles. The van der Waals surface area contributed by atoms with Gasteiger partial charge in [0.2, 0.25) is 0 Å². The summed E-state index contributed by atoms with van der Waals surface area (Å²) in [5, 5.41) is 7.23. The lowest BCUT2D eigenvalue weighted by Crippen LogP contribution is -2.04. The molecule has 0 saturated heterocycles. The standard InChI is InChI=1S/C59H38N4/c1-5-18-39(19-6-1)44-29-17-30-47(34-44)52-38-48(63-54-36-46-28-14-13-27-45(46)35-53(54)50-33-32-41-22-15-16-31-49(41)56(50)63)37-51(40-20-7-2-8-21-40)55(52)59-61-57(42-23-9-3-10-24-42)60-58(62-59)43-25-11-4-12-26-43/h1-38H. The number of hydrogen-bond acceptors (Lipinski definition) is 3. The first-order valence-electron chi connectivity index (χ1n) is 21.4. The zero-order valence-electron chi connectivity index (χ0n) is 34.2. The smallest absolute Gasteiger partial charge is 0.165 e. The number of aromatic nitrogens is 4. The molecular weight excluding hydrogens is 765 g/mol. The zero-order chi connectivity index (χ0) is 41.7. The molecule has 63 heavy (non-hydrogen) atoms. The molecule has 0 bridgehead atoms. The van der Waals surface area contributed by atoms with Crippen LogP contribution in [0.1, 0.15) is 0 Å². The van der Waals surface area contributed by atoms with E-state index in [9.17, 15) is 0 Å². The Morgan fingerprint density at radius 3 is 1.43 bits per heavy atom. The van der Waals surface area contributed by atoms with Crippen molar-refractivity contribution in [1.82, 2.24) is 19.5 Å². The van der Waals surface area contributed by atoms with Gasteiger partial charge in [-0.1, -0.05) is 200 Å². The fourth-order valence-corrected chi connectivity index (χ4v) is 9.22. The van der Waals surface area contributed by atoms with Gasteiger partial charge >= 0.3 is 0 Å². The van der Waals surface area contributed by atoms with Gasteiger partial charge in [-0.2, -0.15) is 0 Å². The van der Waals surface area contributed by atoms with Gasteiger partial charge in [0.1, 0.15) is 0 Å². The molecule has 4 heteroatoms. The van der Waals surface area contributed by atoms with Crippen LogP contribution in [0.3, 0.4) is 0 Å². The van der Waals surface area contributed by atoms with Crippen molar-refractivity contribution < 1.29 is 0 Å². The summed E-state index contributed by atoms with van der Waals surface area (Å²) in [6.07, 6.45) is 0. The van der Waals surface area contributed by atoms with Crippen molar-refractivity contribution in [2.45, 2.75) is 0 Å². The van der Waals surface area contributed by atoms with Gasteiger partial charge < -0.3 is 4.57 Å². The average molecular weight is 803 g/mol. The molecule has 0 aliphatic rings. The lowest BCUT2D eigenvalue weighted by molar-refractivity contribution is 1.07. The maximum Gasteiger partial charge on any atom is 0.165 e. The van der Waals surface area contributed by atoms with Crippen LogP contribution in [0.4, 0.5) is 0 Å². The van der Waals surface area contributed by atoms with Crippen LogP contribution in [0.2, 0.25) is 0 Å². The minimum absolute atomic E-state index is 0.604. The molecule has 12 aromatic rings. The Balaban J connectivity index is 1.24.